The molecule has 0 aliphatic heterocycles. The molecule has 4 aromatic rings. The van der Waals surface area contributed by atoms with Crippen LogP contribution in [-0.2, 0) is 0 Å². The van der Waals surface area contributed by atoms with Gasteiger partial charge in [0, 0.05) is 47.0 Å². The molecule has 2 heterocycles. The molecule has 0 atom stereocenters. The highest BCUT2D eigenvalue weighted by Gasteiger charge is 2.12. The predicted molar refractivity (Wildman–Crippen MR) is 134 cm³/mol. The molecule has 2 nitrogen and oxygen atoms in total. The summed E-state index contributed by atoms with van der Waals surface area (Å²) in [6.45, 7) is 12.9. The molecule has 158 valence electrons. The Labute approximate surface area is 191 Å². The molecule has 0 saturated carbocycles. The number of aromatic nitrogens is 2. The standard InChI is InChI=1S/C30H28N2/c1-19-13-21(3)29(22(4)14-19)27-17-31-11-9-25(27)7-8-26-10-12-32-18-28(26)30-23(5)15-20(2)16-24(30)6/h9-18H,1-6H3. The van der Waals surface area contributed by atoms with Gasteiger partial charge in [0.2, 0.25) is 0 Å². The molecule has 0 unspecified atom stereocenters. The average molecular weight is 417 g/mol. The lowest BCUT2D eigenvalue weighted by Crippen LogP contribution is -1.95. The molecule has 32 heavy (non-hydrogen) atoms. The summed E-state index contributed by atoms with van der Waals surface area (Å²) in [5.41, 5.74) is 14.1. The lowest BCUT2D eigenvalue weighted by atomic mass is 9.91. The second-order valence-corrected chi connectivity index (χ2v) is 8.64. The van der Waals surface area contributed by atoms with Gasteiger partial charge in [-0.2, -0.15) is 0 Å². The fourth-order valence-corrected chi connectivity index (χ4v) is 4.75. The van der Waals surface area contributed by atoms with Gasteiger partial charge in [-0.3, -0.25) is 9.97 Å². The molecule has 2 aromatic carbocycles. The first-order valence-corrected chi connectivity index (χ1v) is 10.9. The number of aryl methyl sites for hydroxylation is 6. The van der Waals surface area contributed by atoms with Crippen LogP contribution in [-0.4, -0.2) is 9.97 Å². The number of rotatable bonds is 2. The Bertz CT molecular complexity index is 1230. The molecule has 2 aromatic heterocycles. The maximum atomic E-state index is 4.40. The SMILES string of the molecule is Cc1cc(C)c(-c2cnccc2C#Cc2ccncc2-c2c(C)cc(C)cc2C)c(C)c1. The van der Waals surface area contributed by atoms with E-state index in [0.29, 0.717) is 0 Å². The van der Waals surface area contributed by atoms with Crippen LogP contribution in [0.4, 0.5) is 0 Å². The molecule has 0 saturated heterocycles. The molecule has 0 bridgehead atoms. The third-order valence-corrected chi connectivity index (χ3v) is 5.87. The first kappa shape index (κ1) is 21.5. The van der Waals surface area contributed by atoms with E-state index < -0.39 is 0 Å². The summed E-state index contributed by atoms with van der Waals surface area (Å²) < 4.78 is 0. The summed E-state index contributed by atoms with van der Waals surface area (Å²) in [7, 11) is 0. The van der Waals surface area contributed by atoms with Crippen molar-refractivity contribution >= 4 is 0 Å². The Balaban J connectivity index is 1.85. The van der Waals surface area contributed by atoms with Crippen LogP contribution >= 0.6 is 0 Å². The molecule has 0 aliphatic carbocycles. The summed E-state index contributed by atoms with van der Waals surface area (Å²) >= 11 is 0. The van der Waals surface area contributed by atoms with Crippen molar-refractivity contribution in [2.24, 2.45) is 0 Å². The van der Waals surface area contributed by atoms with Crippen LogP contribution in [0.5, 0.6) is 0 Å². The van der Waals surface area contributed by atoms with Gasteiger partial charge in [-0.15, -0.1) is 0 Å². The van der Waals surface area contributed by atoms with E-state index in [1.54, 1.807) is 0 Å². The molecule has 2 heteroatoms. The minimum Gasteiger partial charge on any atom is -0.264 e. The first-order valence-electron chi connectivity index (χ1n) is 10.9. The predicted octanol–water partition coefficient (Wildman–Crippen LogP) is 7.06. The molecule has 0 fully saturated rings. The van der Waals surface area contributed by atoms with E-state index in [1.807, 2.05) is 36.9 Å². The maximum Gasteiger partial charge on any atom is 0.0359 e. The fraction of sp³-hybridized carbons (Fsp3) is 0.200. The highest BCUT2D eigenvalue weighted by Crippen LogP contribution is 2.32. The molecule has 0 N–H and O–H groups in total. The van der Waals surface area contributed by atoms with Crippen LogP contribution in [0.3, 0.4) is 0 Å². The van der Waals surface area contributed by atoms with Crippen molar-refractivity contribution < 1.29 is 0 Å². The normalized spacial score (nSPS) is 10.6. The Hall–Kier alpha value is -3.70. The molecule has 0 amide bonds. The highest BCUT2D eigenvalue weighted by molar-refractivity contribution is 5.79. The van der Waals surface area contributed by atoms with Gasteiger partial charge in [-0.05, 0) is 87.1 Å². The zero-order valence-electron chi connectivity index (χ0n) is 19.7. The van der Waals surface area contributed by atoms with Crippen molar-refractivity contribution in [3.8, 4) is 34.1 Å². The van der Waals surface area contributed by atoms with E-state index in [-0.39, 0.29) is 0 Å². The Morgan fingerprint density at radius 1 is 0.531 bits per heavy atom. The van der Waals surface area contributed by atoms with E-state index >= 15 is 0 Å². The van der Waals surface area contributed by atoms with Crippen LogP contribution in [0.2, 0.25) is 0 Å². The van der Waals surface area contributed by atoms with Gasteiger partial charge >= 0.3 is 0 Å². The summed E-state index contributed by atoms with van der Waals surface area (Å²) in [6, 6.07) is 12.9. The summed E-state index contributed by atoms with van der Waals surface area (Å²) in [6.07, 6.45) is 7.48. The largest absolute Gasteiger partial charge is 0.264 e. The smallest absolute Gasteiger partial charge is 0.0359 e. The number of benzene rings is 2. The fourth-order valence-electron chi connectivity index (χ4n) is 4.75. The summed E-state index contributed by atoms with van der Waals surface area (Å²) in [4.78, 5) is 8.80. The quantitative estimate of drug-likeness (QED) is 0.327. The zero-order chi connectivity index (χ0) is 22.8. The molecule has 0 spiro atoms. The van der Waals surface area contributed by atoms with E-state index in [1.165, 1.54) is 44.5 Å². The van der Waals surface area contributed by atoms with Crippen molar-refractivity contribution in [3.63, 3.8) is 0 Å². The van der Waals surface area contributed by atoms with Gasteiger partial charge in [0.15, 0.2) is 0 Å². The maximum absolute atomic E-state index is 4.40. The van der Waals surface area contributed by atoms with Crippen molar-refractivity contribution in [3.05, 3.63) is 106 Å². The Morgan fingerprint density at radius 2 is 0.875 bits per heavy atom. The van der Waals surface area contributed by atoms with Crippen molar-refractivity contribution in [2.45, 2.75) is 41.5 Å². The van der Waals surface area contributed by atoms with Crippen molar-refractivity contribution in [2.75, 3.05) is 0 Å². The molecule has 4 rings (SSSR count). The van der Waals surface area contributed by atoms with E-state index in [4.69, 9.17) is 0 Å². The van der Waals surface area contributed by atoms with Crippen LogP contribution in [0.15, 0.2) is 61.2 Å². The Kier molecular flexibility index (Phi) is 5.93. The van der Waals surface area contributed by atoms with E-state index in [0.717, 1.165) is 22.3 Å². The van der Waals surface area contributed by atoms with Gasteiger partial charge in [-0.1, -0.05) is 47.2 Å². The molecule has 0 radical (unpaired) electrons. The molecular weight excluding hydrogens is 388 g/mol. The van der Waals surface area contributed by atoms with Gasteiger partial charge in [0.25, 0.3) is 0 Å². The monoisotopic (exact) mass is 416 g/mol. The van der Waals surface area contributed by atoms with Gasteiger partial charge < -0.3 is 0 Å². The van der Waals surface area contributed by atoms with Gasteiger partial charge in [0.1, 0.15) is 0 Å². The number of nitrogens with zero attached hydrogens (tertiary/aromatic N) is 2. The zero-order valence-corrected chi connectivity index (χ0v) is 19.7. The molecular formula is C30H28N2. The lowest BCUT2D eigenvalue weighted by Gasteiger charge is -2.13. The third kappa shape index (κ3) is 4.20. The van der Waals surface area contributed by atoms with Crippen molar-refractivity contribution in [1.29, 1.82) is 0 Å². The van der Waals surface area contributed by atoms with Gasteiger partial charge in [0.05, 0.1) is 0 Å². The first-order chi connectivity index (χ1) is 15.3. The van der Waals surface area contributed by atoms with Crippen molar-refractivity contribution in [1.82, 2.24) is 9.97 Å². The van der Waals surface area contributed by atoms with E-state index in [9.17, 15) is 0 Å². The minimum atomic E-state index is 0.982. The van der Waals surface area contributed by atoms with E-state index in [2.05, 4.69) is 87.6 Å². The minimum absolute atomic E-state index is 0.982. The number of hydrogen-bond acceptors (Lipinski definition) is 2. The van der Waals surface area contributed by atoms with Gasteiger partial charge in [-0.25, -0.2) is 0 Å². The van der Waals surface area contributed by atoms with Crippen LogP contribution < -0.4 is 0 Å². The lowest BCUT2D eigenvalue weighted by molar-refractivity contribution is 1.27. The second-order valence-electron chi connectivity index (χ2n) is 8.64. The summed E-state index contributed by atoms with van der Waals surface area (Å²) in [5, 5.41) is 0. The third-order valence-electron chi connectivity index (χ3n) is 5.87. The molecule has 0 aliphatic rings. The second kappa shape index (κ2) is 8.81. The highest BCUT2D eigenvalue weighted by atomic mass is 14.6. The van der Waals surface area contributed by atoms with Crippen LogP contribution in [0.1, 0.15) is 44.5 Å². The number of hydrogen-bond donors (Lipinski definition) is 0. The topological polar surface area (TPSA) is 25.8 Å². The van der Waals surface area contributed by atoms with Crippen LogP contribution in [0, 0.1) is 53.4 Å². The number of pyridine rings is 2. The summed E-state index contributed by atoms with van der Waals surface area (Å²) in [5.74, 6) is 6.88. The Morgan fingerprint density at radius 3 is 1.22 bits per heavy atom. The average Bonchev–Trinajstić information content (AvgIpc) is 2.72. The van der Waals surface area contributed by atoms with Crippen LogP contribution in [0.25, 0.3) is 22.3 Å².